The van der Waals surface area contributed by atoms with Crippen LogP contribution >= 0.6 is 0 Å². The monoisotopic (exact) mass is 636 g/mol. The van der Waals surface area contributed by atoms with E-state index in [4.69, 9.17) is 4.74 Å². The van der Waals surface area contributed by atoms with Crippen molar-refractivity contribution in [2.75, 3.05) is 6.61 Å². The number of nitrogens with zero attached hydrogens (tertiary/aromatic N) is 3. The molecule has 2 aliphatic rings. The Bertz CT molecular complexity index is 1270. The summed E-state index contributed by atoms with van der Waals surface area (Å²) in [5.74, 6) is 1.47. The van der Waals surface area contributed by atoms with E-state index in [1.807, 2.05) is 55.0 Å². The van der Waals surface area contributed by atoms with Crippen LogP contribution in [0.5, 0.6) is 0 Å². The topological polar surface area (TPSA) is 69.0 Å². The first-order chi connectivity index (χ1) is 17.2. The third-order valence-electron chi connectivity index (χ3n) is 6.27. The second-order valence-corrected chi connectivity index (χ2v) is 10.5. The Labute approximate surface area is 216 Å². The summed E-state index contributed by atoms with van der Waals surface area (Å²) in [6.07, 6.45) is 17.7. The molecule has 1 N–H and O–H groups in total. The number of rotatable bonds is 2. The SMILES string of the molecule is O=C1NC=CC=C[C](=[W])c2nccn2CCCCOCc2ccc(-c3ccc(C4CC4)nc3)cc21. The zero-order valence-electron chi connectivity index (χ0n) is 19.5. The quantitative estimate of drug-likeness (QED) is 0.443. The van der Waals surface area contributed by atoms with Crippen molar-refractivity contribution in [1.29, 1.82) is 0 Å². The number of carbonyl (C=O) groups excluding carboxylic acids is 1. The normalized spacial score (nSPS) is 17.4. The van der Waals surface area contributed by atoms with Gasteiger partial charge in [0.05, 0.1) is 0 Å². The molecule has 178 valence electrons. The van der Waals surface area contributed by atoms with Crippen LogP contribution in [-0.2, 0) is 37.2 Å². The molecule has 7 heteroatoms. The number of benzene rings is 1. The number of aryl methyl sites for hydroxylation is 1. The number of hydrogen-bond donors (Lipinski definition) is 1. The molecular weight excluding hydrogens is 608 g/mol. The van der Waals surface area contributed by atoms with Crippen LogP contribution in [0.1, 0.15) is 59.0 Å². The van der Waals surface area contributed by atoms with Crippen molar-refractivity contribution >= 4 is 9.81 Å². The van der Waals surface area contributed by atoms with Gasteiger partial charge in [0.15, 0.2) is 0 Å². The maximum absolute atomic E-state index is 13.1. The summed E-state index contributed by atoms with van der Waals surface area (Å²) < 4.78 is 9.32. The number of carbonyl (C=O) groups is 1. The summed E-state index contributed by atoms with van der Waals surface area (Å²) in [5.41, 5.74) is 4.66. The van der Waals surface area contributed by atoms with E-state index in [2.05, 4.69) is 32.0 Å². The van der Waals surface area contributed by atoms with Gasteiger partial charge in [0.25, 0.3) is 0 Å². The number of nitrogens with one attached hydrogen (secondary N) is 1. The second kappa shape index (κ2) is 11.2. The Morgan fingerprint density at radius 1 is 1.06 bits per heavy atom. The first kappa shape index (κ1) is 23.8. The van der Waals surface area contributed by atoms with Gasteiger partial charge >= 0.3 is 182 Å². The van der Waals surface area contributed by atoms with Crippen molar-refractivity contribution in [1.82, 2.24) is 19.9 Å². The Hall–Kier alpha value is -2.95. The van der Waals surface area contributed by atoms with Gasteiger partial charge in [0, 0.05) is 11.6 Å². The summed E-state index contributed by atoms with van der Waals surface area (Å²) in [5, 5.41) is 2.91. The summed E-state index contributed by atoms with van der Waals surface area (Å²) >= 11 is 1.35. The molecule has 1 fully saturated rings. The van der Waals surface area contributed by atoms with E-state index in [1.165, 1.54) is 32.2 Å². The van der Waals surface area contributed by atoms with E-state index < -0.39 is 0 Å². The fourth-order valence-corrected chi connectivity index (χ4v) is 5.04. The molecule has 1 saturated carbocycles. The van der Waals surface area contributed by atoms with Crippen LogP contribution in [-0.4, -0.2) is 30.9 Å². The number of imidazole rings is 1. The van der Waals surface area contributed by atoms with Crippen LogP contribution in [0.4, 0.5) is 0 Å². The van der Waals surface area contributed by atoms with Gasteiger partial charge in [-0.15, -0.1) is 0 Å². The summed E-state index contributed by atoms with van der Waals surface area (Å²) in [4.78, 5) is 22.3. The van der Waals surface area contributed by atoms with Gasteiger partial charge in [-0.05, 0) is 18.9 Å². The molecule has 3 heterocycles. The van der Waals surface area contributed by atoms with E-state index in [-0.39, 0.29) is 5.91 Å². The molecule has 0 spiro atoms. The van der Waals surface area contributed by atoms with Gasteiger partial charge < -0.3 is 0 Å². The minimum absolute atomic E-state index is 0.149. The fraction of sp³-hybridized carbons (Fsp3) is 0.286. The molecule has 1 aliphatic carbocycles. The number of ether oxygens (including phenoxy) is 1. The molecule has 1 aliphatic heterocycles. The van der Waals surface area contributed by atoms with Gasteiger partial charge in [-0.3, -0.25) is 4.98 Å². The molecule has 0 bridgehead atoms. The van der Waals surface area contributed by atoms with Crippen molar-refractivity contribution in [3.8, 4) is 11.1 Å². The van der Waals surface area contributed by atoms with E-state index in [9.17, 15) is 4.79 Å². The van der Waals surface area contributed by atoms with E-state index in [1.54, 1.807) is 6.20 Å². The molecule has 6 nitrogen and oxygen atoms in total. The van der Waals surface area contributed by atoms with Crippen LogP contribution in [0.25, 0.3) is 11.1 Å². The number of aromatic nitrogens is 3. The van der Waals surface area contributed by atoms with Gasteiger partial charge in [-0.1, -0.05) is 0 Å². The van der Waals surface area contributed by atoms with Gasteiger partial charge in [0.2, 0.25) is 0 Å². The molecule has 1 amide bonds. The fourth-order valence-electron chi connectivity index (χ4n) is 4.15. The van der Waals surface area contributed by atoms with Crippen molar-refractivity contribution in [3.05, 3.63) is 96.0 Å². The minimum atomic E-state index is -0.149. The Morgan fingerprint density at radius 3 is 2.77 bits per heavy atom. The van der Waals surface area contributed by atoms with Crippen LogP contribution in [0, 0.1) is 0 Å². The van der Waals surface area contributed by atoms with Crippen molar-refractivity contribution in [2.45, 2.75) is 44.8 Å². The molecular formula is C28H28N4O2W. The maximum atomic E-state index is 13.1. The van der Waals surface area contributed by atoms with E-state index in [0.29, 0.717) is 24.7 Å². The van der Waals surface area contributed by atoms with Gasteiger partial charge in [-0.2, -0.15) is 0 Å². The molecule has 5 rings (SSSR count). The van der Waals surface area contributed by atoms with E-state index >= 15 is 0 Å². The van der Waals surface area contributed by atoms with Gasteiger partial charge in [-0.25, -0.2) is 0 Å². The van der Waals surface area contributed by atoms with Crippen LogP contribution in [0.15, 0.2) is 73.4 Å². The van der Waals surface area contributed by atoms with Crippen molar-refractivity contribution in [3.63, 3.8) is 0 Å². The van der Waals surface area contributed by atoms with E-state index in [0.717, 1.165) is 51.5 Å². The predicted octanol–water partition coefficient (Wildman–Crippen LogP) is 4.70. The molecule has 0 atom stereocenters. The average Bonchev–Trinajstić information content (AvgIpc) is 3.63. The Balaban J connectivity index is 1.36. The van der Waals surface area contributed by atoms with Crippen LogP contribution < -0.4 is 5.32 Å². The van der Waals surface area contributed by atoms with Gasteiger partial charge in [0.1, 0.15) is 0 Å². The number of allylic oxidation sites excluding steroid dienone is 3. The molecule has 2 aromatic heterocycles. The Kier molecular flexibility index (Phi) is 7.60. The predicted molar refractivity (Wildman–Crippen MR) is 133 cm³/mol. The summed E-state index contributed by atoms with van der Waals surface area (Å²) in [7, 11) is 0. The molecule has 35 heavy (non-hydrogen) atoms. The number of pyridine rings is 1. The third-order valence-corrected chi connectivity index (χ3v) is 7.42. The van der Waals surface area contributed by atoms with Crippen LogP contribution in [0.2, 0.25) is 0 Å². The summed E-state index contributed by atoms with van der Waals surface area (Å²) in [6.45, 7) is 1.96. The standard InChI is InChI=1S/C28H28N4O2.W/c33-28-25-18-22(23-11-12-26(31-19-23)21-7-8-21)9-10-24(25)20-34-17-5-4-15-32-16-14-29-27(32)6-2-1-3-13-30-28;/h1-3,9-14,16,18-19,21H,4-5,7-8,15,17,20H2,(H,30,33);. The number of amides is 1. The first-order valence-electron chi connectivity index (χ1n) is 12.1. The second-order valence-electron chi connectivity index (χ2n) is 8.88. The molecule has 0 saturated heterocycles. The number of fused-ring (bicyclic) bond motifs is 2. The molecule has 0 unspecified atom stereocenters. The molecule has 0 radical (unpaired) electrons. The third kappa shape index (κ3) is 6.01. The zero-order valence-corrected chi connectivity index (χ0v) is 22.5. The van der Waals surface area contributed by atoms with Crippen molar-refractivity contribution in [2.24, 2.45) is 0 Å². The Morgan fingerprint density at radius 2 is 1.94 bits per heavy atom. The number of hydrogen-bond acceptors (Lipinski definition) is 4. The van der Waals surface area contributed by atoms with Crippen molar-refractivity contribution < 1.29 is 28.9 Å². The molecule has 1 aromatic carbocycles. The average molecular weight is 636 g/mol. The first-order valence-corrected chi connectivity index (χ1v) is 13.5. The molecule has 3 aromatic rings. The zero-order chi connectivity index (χ0) is 24.0. The van der Waals surface area contributed by atoms with Crippen LogP contribution in [0.3, 0.4) is 0 Å². The summed E-state index contributed by atoms with van der Waals surface area (Å²) in [6, 6.07) is 10.2.